The van der Waals surface area contributed by atoms with Crippen LogP contribution in [0.1, 0.15) is 38.2 Å². The van der Waals surface area contributed by atoms with Crippen molar-refractivity contribution in [1.82, 2.24) is 20.6 Å². The Morgan fingerprint density at radius 1 is 1.03 bits per heavy atom. The molecule has 1 aromatic rings. The third-order valence-corrected chi connectivity index (χ3v) is 4.39. The number of nitrogens with one attached hydrogen (secondary N) is 2. The van der Waals surface area contributed by atoms with Crippen LogP contribution in [0.25, 0.3) is 0 Å². The smallest absolute Gasteiger partial charge is 0.319 e. The Morgan fingerprint density at radius 2 is 1.66 bits per heavy atom. The van der Waals surface area contributed by atoms with E-state index in [1.54, 1.807) is 0 Å². The molecule has 0 amide bonds. The molecular formula is C16H18F9N7. The van der Waals surface area contributed by atoms with Gasteiger partial charge in [0, 0.05) is 6.20 Å². The molecule has 0 fully saturated rings. The number of nitrogens with two attached hydrogens (primary N) is 1. The number of nitrogens with zero attached hydrogens (tertiary/aromatic N) is 4. The second-order valence-electron chi connectivity index (χ2n) is 6.74. The third kappa shape index (κ3) is 5.77. The first-order chi connectivity index (χ1) is 14.5. The van der Waals surface area contributed by atoms with E-state index in [9.17, 15) is 39.5 Å². The average molecular weight is 479 g/mol. The molecule has 3 atom stereocenters. The van der Waals surface area contributed by atoms with Crippen molar-refractivity contribution in [2.24, 2.45) is 21.6 Å². The van der Waals surface area contributed by atoms with Crippen molar-refractivity contribution < 1.29 is 39.5 Å². The van der Waals surface area contributed by atoms with Gasteiger partial charge in [0.1, 0.15) is 17.7 Å². The number of halogens is 9. The Balaban J connectivity index is 2.65. The molecule has 2 heterocycles. The molecule has 1 aromatic heterocycles. The lowest BCUT2D eigenvalue weighted by atomic mass is 9.96. The molecule has 0 aromatic carbocycles. The summed E-state index contributed by atoms with van der Waals surface area (Å²) < 4.78 is 119. The van der Waals surface area contributed by atoms with E-state index in [2.05, 4.69) is 25.3 Å². The molecule has 1 aliphatic rings. The largest absolute Gasteiger partial charge is 0.451 e. The van der Waals surface area contributed by atoms with Crippen LogP contribution in [-0.4, -0.2) is 45.9 Å². The Hall–Kier alpha value is -2.65. The first-order valence-electron chi connectivity index (χ1n) is 9.07. The standard InChI is InChI=1S/C16H18F9N7/c1-3-8(13(17,18)19)16(26)31-10(7-5-6-27-11(28-7)15(23,24)25)30-12(32-16)29-9(4-2)14(20,21)22/h5-6,8-9H,3-4,26H2,1-2H3,(H2,29,30,31,32)/t8-,9+,16?/m1/s1. The molecule has 32 heavy (non-hydrogen) atoms. The van der Waals surface area contributed by atoms with Crippen LogP contribution < -0.4 is 16.4 Å². The number of amidine groups is 1. The molecule has 4 N–H and O–H groups in total. The molecule has 180 valence electrons. The van der Waals surface area contributed by atoms with Gasteiger partial charge in [-0.05, 0) is 18.9 Å². The third-order valence-electron chi connectivity index (χ3n) is 4.39. The highest BCUT2D eigenvalue weighted by Crippen LogP contribution is 2.36. The maximum atomic E-state index is 13.5. The summed E-state index contributed by atoms with van der Waals surface area (Å²) in [4.78, 5) is 13.2. The van der Waals surface area contributed by atoms with Crippen LogP contribution in [0, 0.1) is 5.92 Å². The van der Waals surface area contributed by atoms with Crippen LogP contribution in [0.4, 0.5) is 39.5 Å². The van der Waals surface area contributed by atoms with E-state index in [0.717, 1.165) is 19.9 Å². The lowest BCUT2D eigenvalue weighted by Crippen LogP contribution is -2.69. The molecule has 2 rings (SSSR count). The van der Waals surface area contributed by atoms with Crippen LogP contribution in [0.15, 0.2) is 22.2 Å². The highest BCUT2D eigenvalue weighted by Gasteiger charge is 2.53. The number of aromatic nitrogens is 2. The van der Waals surface area contributed by atoms with Gasteiger partial charge >= 0.3 is 18.5 Å². The SMILES string of the molecule is CC[C@H](N=C1NC(c2ccnc(C(F)(F)F)n2)=NC(N)([C@H](CC)C(F)(F)F)N1)C(F)(F)F. The summed E-state index contributed by atoms with van der Waals surface area (Å²) in [6.07, 6.45) is -15.3. The van der Waals surface area contributed by atoms with Crippen molar-refractivity contribution in [2.75, 3.05) is 0 Å². The van der Waals surface area contributed by atoms with E-state index in [0.29, 0.717) is 6.20 Å². The maximum absolute atomic E-state index is 13.5. The fourth-order valence-corrected chi connectivity index (χ4v) is 2.90. The minimum Gasteiger partial charge on any atom is -0.319 e. The number of hydrogen-bond acceptors (Lipinski definition) is 5. The van der Waals surface area contributed by atoms with Gasteiger partial charge in [-0.3, -0.25) is 5.73 Å². The quantitative estimate of drug-likeness (QED) is 0.563. The van der Waals surface area contributed by atoms with Gasteiger partial charge in [-0.15, -0.1) is 0 Å². The van der Waals surface area contributed by atoms with Crippen LogP contribution >= 0.6 is 0 Å². The summed E-state index contributed by atoms with van der Waals surface area (Å²) >= 11 is 0. The van der Waals surface area contributed by atoms with Crippen molar-refractivity contribution in [1.29, 1.82) is 0 Å². The predicted molar refractivity (Wildman–Crippen MR) is 94.2 cm³/mol. The van der Waals surface area contributed by atoms with E-state index < -0.39 is 72.4 Å². The normalized spacial score (nSPS) is 23.2. The highest BCUT2D eigenvalue weighted by atomic mass is 19.4. The molecule has 1 aliphatic heterocycles. The van der Waals surface area contributed by atoms with Gasteiger partial charge in [0.2, 0.25) is 11.8 Å². The van der Waals surface area contributed by atoms with Crippen LogP contribution in [0.5, 0.6) is 0 Å². The van der Waals surface area contributed by atoms with Gasteiger partial charge in [0.05, 0.1) is 0 Å². The number of rotatable bonds is 5. The lowest BCUT2D eigenvalue weighted by Gasteiger charge is -2.40. The predicted octanol–water partition coefficient (Wildman–Crippen LogP) is 3.33. The van der Waals surface area contributed by atoms with Gasteiger partial charge in [-0.2, -0.15) is 39.5 Å². The average Bonchev–Trinajstić information content (AvgIpc) is 2.63. The van der Waals surface area contributed by atoms with E-state index in [-0.39, 0.29) is 0 Å². The molecule has 0 saturated carbocycles. The number of guanidine groups is 1. The molecule has 0 bridgehead atoms. The summed E-state index contributed by atoms with van der Waals surface area (Å²) in [5, 5.41) is 4.17. The van der Waals surface area contributed by atoms with Crippen molar-refractivity contribution >= 4 is 11.8 Å². The van der Waals surface area contributed by atoms with Gasteiger partial charge in [-0.1, -0.05) is 13.8 Å². The van der Waals surface area contributed by atoms with Crippen molar-refractivity contribution in [3.05, 3.63) is 23.8 Å². The zero-order chi connectivity index (χ0) is 24.5. The maximum Gasteiger partial charge on any atom is 0.451 e. The van der Waals surface area contributed by atoms with Crippen molar-refractivity contribution in [3.8, 4) is 0 Å². The summed E-state index contributed by atoms with van der Waals surface area (Å²) in [6, 6.07) is -1.46. The van der Waals surface area contributed by atoms with E-state index in [1.165, 1.54) is 0 Å². The summed E-state index contributed by atoms with van der Waals surface area (Å²) in [7, 11) is 0. The van der Waals surface area contributed by atoms with Gasteiger partial charge in [0.25, 0.3) is 0 Å². The van der Waals surface area contributed by atoms with E-state index in [1.807, 2.05) is 5.32 Å². The molecule has 0 radical (unpaired) electrons. The molecule has 0 aliphatic carbocycles. The number of alkyl halides is 9. The Bertz CT molecular complexity index is 876. The number of aliphatic imine (C=N–C) groups is 2. The fraction of sp³-hybridized carbons (Fsp3) is 0.625. The van der Waals surface area contributed by atoms with Gasteiger partial charge in [-0.25, -0.2) is 20.0 Å². The molecule has 0 spiro atoms. The first kappa shape index (κ1) is 25.6. The van der Waals surface area contributed by atoms with E-state index in [4.69, 9.17) is 5.73 Å². The first-order valence-corrected chi connectivity index (χ1v) is 9.07. The Kier molecular flexibility index (Phi) is 6.97. The van der Waals surface area contributed by atoms with Crippen molar-refractivity contribution in [3.63, 3.8) is 0 Å². The molecule has 16 heteroatoms. The van der Waals surface area contributed by atoms with Crippen LogP contribution in [-0.2, 0) is 6.18 Å². The highest BCUT2D eigenvalue weighted by molar-refractivity contribution is 6.09. The second-order valence-corrected chi connectivity index (χ2v) is 6.74. The fourth-order valence-electron chi connectivity index (χ4n) is 2.90. The Labute approximate surface area is 175 Å². The molecule has 7 nitrogen and oxygen atoms in total. The minimum absolute atomic E-state index is 0.567. The van der Waals surface area contributed by atoms with Crippen LogP contribution in [0.2, 0.25) is 0 Å². The summed E-state index contributed by atoms with van der Waals surface area (Å²) in [5.41, 5.74) is 5.14. The molecule has 0 saturated heterocycles. The van der Waals surface area contributed by atoms with Crippen LogP contribution in [0.3, 0.4) is 0 Å². The summed E-state index contributed by atoms with van der Waals surface area (Å²) in [5.74, 6) is -8.43. The van der Waals surface area contributed by atoms with Crippen molar-refractivity contribution in [2.45, 2.75) is 57.0 Å². The zero-order valence-electron chi connectivity index (χ0n) is 16.5. The summed E-state index contributed by atoms with van der Waals surface area (Å²) in [6.45, 7) is 2.25. The van der Waals surface area contributed by atoms with E-state index >= 15 is 0 Å². The topological polar surface area (TPSA) is 101 Å². The minimum atomic E-state index is -5.00. The Morgan fingerprint density at radius 3 is 2.12 bits per heavy atom. The number of hydrogen-bond donors (Lipinski definition) is 3. The molecule has 1 unspecified atom stereocenters. The monoisotopic (exact) mass is 479 g/mol. The van der Waals surface area contributed by atoms with Gasteiger partial charge < -0.3 is 10.6 Å². The second kappa shape index (κ2) is 8.71. The van der Waals surface area contributed by atoms with Gasteiger partial charge in [0.15, 0.2) is 11.6 Å². The zero-order valence-corrected chi connectivity index (χ0v) is 16.5. The lowest BCUT2D eigenvalue weighted by molar-refractivity contribution is -0.194. The molecular weight excluding hydrogens is 461 g/mol.